The molecule has 0 unspecified atom stereocenters. The lowest BCUT2D eigenvalue weighted by atomic mass is 9.96. The molecule has 0 saturated heterocycles. The second-order valence-corrected chi connectivity index (χ2v) is 9.64. The summed E-state index contributed by atoms with van der Waals surface area (Å²) in [6.45, 7) is 10.7. The largest absolute Gasteiger partial charge is 0.332 e. The van der Waals surface area contributed by atoms with E-state index in [4.69, 9.17) is 0 Å². The van der Waals surface area contributed by atoms with Crippen LogP contribution in [0.3, 0.4) is 0 Å². The number of hydrogen-bond acceptors (Lipinski definition) is 3. The average Bonchev–Trinajstić information content (AvgIpc) is 2.70. The maximum Gasteiger partial charge on any atom is 0.279 e. The van der Waals surface area contributed by atoms with Crippen LogP contribution in [0.2, 0.25) is 0 Å². The van der Waals surface area contributed by atoms with Crippen LogP contribution >= 0.6 is 0 Å². The normalized spacial score (nSPS) is 12.9. The Morgan fingerprint density at radius 2 is 1.70 bits per heavy atom. The lowest BCUT2D eigenvalue weighted by Gasteiger charge is -2.21. The molecule has 6 nitrogen and oxygen atoms in total. The van der Waals surface area contributed by atoms with Crippen molar-refractivity contribution >= 4 is 21.6 Å². The number of nitrogens with one attached hydrogen (secondary N) is 1. The first kappa shape index (κ1) is 24.1. The van der Waals surface area contributed by atoms with E-state index in [0.717, 1.165) is 0 Å². The smallest absolute Gasteiger partial charge is 0.279 e. The van der Waals surface area contributed by atoms with E-state index in [1.807, 2.05) is 37.4 Å². The number of hydrogen-bond donors (Lipinski definition) is 2. The van der Waals surface area contributed by atoms with Crippen molar-refractivity contribution in [2.24, 2.45) is 5.92 Å². The number of nitrogens with zero attached hydrogens (tertiary/aromatic N) is 1. The van der Waals surface area contributed by atoms with Crippen molar-refractivity contribution in [2.75, 3.05) is 25.0 Å². The molecule has 0 bridgehead atoms. The number of carbonyl (C=O) groups excluding carboxylic acids is 1. The molecular weight excluding hydrogens is 398 g/mol. The second kappa shape index (κ2) is 10.7. The maximum atomic E-state index is 12.9. The van der Waals surface area contributed by atoms with Crippen molar-refractivity contribution in [3.8, 4) is 0 Å². The van der Waals surface area contributed by atoms with Crippen LogP contribution in [-0.2, 0) is 14.8 Å². The number of sulfonamides is 1. The first-order valence-electron chi connectivity index (χ1n) is 10.5. The summed E-state index contributed by atoms with van der Waals surface area (Å²) in [7, 11) is -3.59. The van der Waals surface area contributed by atoms with E-state index in [2.05, 4.69) is 31.3 Å². The molecular formula is C23H34N3O3S+. The molecule has 1 atom stereocenters. The lowest BCUT2D eigenvalue weighted by Crippen LogP contribution is -2.88. The quantitative estimate of drug-likeness (QED) is 0.606. The van der Waals surface area contributed by atoms with Crippen LogP contribution in [0, 0.1) is 12.8 Å². The zero-order chi connectivity index (χ0) is 22.3. The Balaban J connectivity index is 2.12. The average molecular weight is 433 g/mol. The highest BCUT2D eigenvalue weighted by Gasteiger charge is 2.24. The zero-order valence-electron chi connectivity index (χ0n) is 18.6. The van der Waals surface area contributed by atoms with Gasteiger partial charge in [-0.1, -0.05) is 64.1 Å². The molecule has 7 heteroatoms. The number of carbonyl (C=O) groups is 1. The van der Waals surface area contributed by atoms with Crippen LogP contribution in [0.1, 0.15) is 44.9 Å². The Hall–Kier alpha value is -2.22. The fourth-order valence-corrected chi connectivity index (χ4v) is 5.28. The molecule has 30 heavy (non-hydrogen) atoms. The fourth-order valence-electron chi connectivity index (χ4n) is 3.57. The van der Waals surface area contributed by atoms with Crippen LogP contribution in [0.4, 0.5) is 5.69 Å². The number of aryl methyl sites for hydroxylation is 1. The topological polar surface area (TPSA) is 83.1 Å². The van der Waals surface area contributed by atoms with Crippen LogP contribution in [0.25, 0.3) is 0 Å². The molecule has 2 aromatic rings. The summed E-state index contributed by atoms with van der Waals surface area (Å²) in [6.07, 6.45) is 0. The van der Waals surface area contributed by atoms with Crippen molar-refractivity contribution in [3.63, 3.8) is 0 Å². The zero-order valence-corrected chi connectivity index (χ0v) is 19.4. The number of nitrogens with two attached hydrogens (primary N) is 1. The van der Waals surface area contributed by atoms with Gasteiger partial charge in [-0.2, -0.15) is 4.31 Å². The minimum atomic E-state index is -3.59. The highest BCUT2D eigenvalue weighted by Crippen LogP contribution is 2.23. The summed E-state index contributed by atoms with van der Waals surface area (Å²) >= 11 is 0. The standard InChI is InChI=1S/C23H33N3O3S/c1-6-26(7-2)30(28,29)21-15-20(14-13-18(21)5)25-22(27)16-24-23(17(3)4)19-11-9-8-10-12-19/h8-15,17,23-24H,6-7,16H2,1-5H3,(H,25,27)/p+1/t23-/m0/s1. The summed E-state index contributed by atoms with van der Waals surface area (Å²) in [5.41, 5.74) is 2.34. The van der Waals surface area contributed by atoms with E-state index in [0.29, 0.717) is 30.3 Å². The van der Waals surface area contributed by atoms with Gasteiger partial charge in [-0.05, 0) is 24.6 Å². The summed E-state index contributed by atoms with van der Waals surface area (Å²) in [5, 5.41) is 4.87. The molecule has 0 spiro atoms. The molecule has 0 saturated carbocycles. The number of quaternary nitrogens is 1. The molecule has 0 radical (unpaired) electrons. The Labute approximate surface area is 180 Å². The molecule has 0 aromatic heterocycles. The summed E-state index contributed by atoms with van der Waals surface area (Å²) < 4.78 is 27.2. The van der Waals surface area contributed by atoms with Gasteiger partial charge in [0, 0.05) is 30.3 Å². The van der Waals surface area contributed by atoms with Crippen LogP contribution in [0.15, 0.2) is 53.4 Å². The molecule has 0 heterocycles. The minimum absolute atomic E-state index is 0.161. The monoisotopic (exact) mass is 432 g/mol. The first-order valence-corrected chi connectivity index (χ1v) is 11.9. The highest BCUT2D eigenvalue weighted by molar-refractivity contribution is 7.89. The van der Waals surface area contributed by atoms with Gasteiger partial charge in [0.15, 0.2) is 6.54 Å². The van der Waals surface area contributed by atoms with E-state index >= 15 is 0 Å². The molecule has 3 N–H and O–H groups in total. The summed E-state index contributed by atoms with van der Waals surface area (Å²) in [4.78, 5) is 12.8. The molecule has 164 valence electrons. The van der Waals surface area contributed by atoms with E-state index < -0.39 is 10.0 Å². The van der Waals surface area contributed by atoms with Gasteiger partial charge in [-0.25, -0.2) is 8.42 Å². The van der Waals surface area contributed by atoms with Crippen LogP contribution in [-0.4, -0.2) is 38.3 Å². The number of benzene rings is 2. The number of amides is 1. The van der Waals surface area contributed by atoms with Crippen molar-refractivity contribution < 1.29 is 18.5 Å². The summed E-state index contributed by atoms with van der Waals surface area (Å²) in [6, 6.07) is 15.3. The Bertz CT molecular complexity index is 939. The molecule has 2 rings (SSSR count). The number of anilines is 1. The predicted octanol–water partition coefficient (Wildman–Crippen LogP) is 2.92. The van der Waals surface area contributed by atoms with Crippen molar-refractivity contribution in [2.45, 2.75) is 45.6 Å². The molecule has 1 amide bonds. The predicted molar refractivity (Wildman–Crippen MR) is 121 cm³/mol. The lowest BCUT2D eigenvalue weighted by molar-refractivity contribution is -0.692. The molecule has 0 aliphatic heterocycles. The summed E-state index contributed by atoms with van der Waals surface area (Å²) in [5.74, 6) is 0.206. The van der Waals surface area contributed by atoms with Gasteiger partial charge in [0.05, 0.1) is 4.90 Å². The van der Waals surface area contributed by atoms with Crippen LogP contribution < -0.4 is 10.6 Å². The number of rotatable bonds is 10. The van der Waals surface area contributed by atoms with Crippen molar-refractivity contribution in [1.29, 1.82) is 0 Å². The third kappa shape index (κ3) is 5.90. The van der Waals surface area contributed by atoms with Gasteiger partial charge in [0.2, 0.25) is 10.0 Å². The Morgan fingerprint density at radius 3 is 2.27 bits per heavy atom. The molecule has 2 aromatic carbocycles. The van der Waals surface area contributed by atoms with Gasteiger partial charge in [-0.3, -0.25) is 4.79 Å². The minimum Gasteiger partial charge on any atom is -0.332 e. The van der Waals surface area contributed by atoms with Gasteiger partial charge < -0.3 is 10.6 Å². The highest BCUT2D eigenvalue weighted by atomic mass is 32.2. The fraction of sp³-hybridized carbons (Fsp3) is 0.435. The first-order chi connectivity index (χ1) is 14.2. The maximum absolute atomic E-state index is 12.9. The molecule has 0 aliphatic carbocycles. The molecule has 0 fully saturated rings. The van der Waals surface area contributed by atoms with Crippen molar-refractivity contribution in [1.82, 2.24) is 4.31 Å². The third-order valence-electron chi connectivity index (χ3n) is 5.26. The van der Waals surface area contributed by atoms with E-state index in [9.17, 15) is 13.2 Å². The van der Waals surface area contributed by atoms with E-state index in [-0.39, 0.29) is 23.4 Å². The van der Waals surface area contributed by atoms with E-state index in [1.165, 1.54) is 9.87 Å². The SMILES string of the molecule is CCN(CC)S(=O)(=O)c1cc(NC(=O)C[NH2+][C@H](c2ccccc2)C(C)C)ccc1C. The molecule has 0 aliphatic rings. The van der Waals surface area contributed by atoms with Gasteiger partial charge >= 0.3 is 0 Å². The second-order valence-electron chi connectivity index (χ2n) is 7.74. The van der Waals surface area contributed by atoms with E-state index in [1.54, 1.807) is 25.1 Å². The van der Waals surface area contributed by atoms with Gasteiger partial charge in [0.1, 0.15) is 6.04 Å². The Morgan fingerprint density at radius 1 is 1.07 bits per heavy atom. The van der Waals surface area contributed by atoms with Gasteiger partial charge in [0.25, 0.3) is 5.91 Å². The Kier molecular flexibility index (Phi) is 8.58. The van der Waals surface area contributed by atoms with Crippen molar-refractivity contribution in [3.05, 3.63) is 59.7 Å². The van der Waals surface area contributed by atoms with Crippen LogP contribution in [0.5, 0.6) is 0 Å². The van der Waals surface area contributed by atoms with Gasteiger partial charge in [-0.15, -0.1) is 0 Å². The third-order valence-corrected chi connectivity index (χ3v) is 7.45.